The van der Waals surface area contributed by atoms with Gasteiger partial charge in [-0.15, -0.1) is 0 Å². The van der Waals surface area contributed by atoms with Gasteiger partial charge in [-0.3, -0.25) is 0 Å². The van der Waals surface area contributed by atoms with Crippen molar-refractivity contribution in [1.29, 1.82) is 0 Å². The van der Waals surface area contributed by atoms with E-state index in [1.165, 1.54) is 24.8 Å². The van der Waals surface area contributed by atoms with Crippen LogP contribution in [0.4, 0.5) is 11.8 Å². The van der Waals surface area contributed by atoms with Crippen molar-refractivity contribution >= 4 is 11.8 Å². The average molecular weight is 326 g/mol. The number of nitrogens with zero attached hydrogens (tertiary/aromatic N) is 3. The lowest BCUT2D eigenvalue weighted by molar-refractivity contribution is 0.414. The summed E-state index contributed by atoms with van der Waals surface area (Å²) in [6.07, 6.45) is 4.74. The number of nitrogens with one attached hydrogen (secondary N) is 1. The summed E-state index contributed by atoms with van der Waals surface area (Å²) in [5.41, 5.74) is 2.25. The third-order valence-corrected chi connectivity index (χ3v) is 4.35. The van der Waals surface area contributed by atoms with Gasteiger partial charge in [-0.2, -0.15) is 4.98 Å². The molecule has 1 N–H and O–H groups in total. The van der Waals surface area contributed by atoms with Crippen molar-refractivity contribution in [3.05, 3.63) is 41.6 Å². The van der Waals surface area contributed by atoms with Crippen LogP contribution in [0.25, 0.3) is 0 Å². The molecule has 0 atom stereocenters. The quantitative estimate of drug-likeness (QED) is 0.881. The van der Waals surface area contributed by atoms with E-state index in [1.54, 1.807) is 7.11 Å². The molecule has 2 aromatic rings. The minimum Gasteiger partial charge on any atom is -0.497 e. The molecular weight excluding hydrogens is 300 g/mol. The van der Waals surface area contributed by atoms with Gasteiger partial charge in [0.25, 0.3) is 0 Å². The molecule has 1 aromatic carbocycles. The lowest BCUT2D eigenvalue weighted by Crippen LogP contribution is -2.30. The molecule has 128 valence electrons. The minimum absolute atomic E-state index is 0.721. The average Bonchev–Trinajstić information content (AvgIpc) is 2.62. The van der Waals surface area contributed by atoms with Crippen LogP contribution in [-0.4, -0.2) is 36.7 Å². The normalized spacial score (nSPS) is 14.5. The third kappa shape index (κ3) is 4.37. The van der Waals surface area contributed by atoms with E-state index >= 15 is 0 Å². The molecule has 0 radical (unpaired) electrons. The van der Waals surface area contributed by atoms with Crippen molar-refractivity contribution in [3.8, 4) is 5.75 Å². The van der Waals surface area contributed by atoms with Crippen molar-refractivity contribution in [2.24, 2.45) is 0 Å². The Hall–Kier alpha value is -2.30. The maximum atomic E-state index is 5.27. The van der Waals surface area contributed by atoms with Gasteiger partial charge in [0.2, 0.25) is 5.95 Å². The molecule has 5 nitrogen and oxygen atoms in total. The van der Waals surface area contributed by atoms with Crippen LogP contribution >= 0.6 is 0 Å². The van der Waals surface area contributed by atoms with Crippen LogP contribution in [0.3, 0.4) is 0 Å². The molecule has 0 saturated carbocycles. The lowest BCUT2D eigenvalue weighted by Gasteiger charge is -2.28. The molecule has 0 unspecified atom stereocenters. The Labute approximate surface area is 144 Å². The van der Waals surface area contributed by atoms with Crippen LogP contribution in [-0.2, 0) is 6.42 Å². The molecule has 1 aliphatic heterocycles. The molecule has 1 saturated heterocycles. The van der Waals surface area contributed by atoms with E-state index < -0.39 is 0 Å². The zero-order valence-corrected chi connectivity index (χ0v) is 14.6. The number of rotatable bonds is 6. The highest BCUT2D eigenvalue weighted by molar-refractivity contribution is 5.45. The Morgan fingerprint density at radius 1 is 1.12 bits per heavy atom. The molecular formula is C19H26N4O. The summed E-state index contributed by atoms with van der Waals surface area (Å²) in [5, 5.41) is 3.36. The topological polar surface area (TPSA) is 50.3 Å². The third-order valence-electron chi connectivity index (χ3n) is 4.35. The zero-order valence-electron chi connectivity index (χ0n) is 14.6. The van der Waals surface area contributed by atoms with Gasteiger partial charge in [0.05, 0.1) is 7.11 Å². The highest BCUT2D eigenvalue weighted by atomic mass is 16.5. The molecule has 0 spiro atoms. The molecule has 3 rings (SSSR count). The largest absolute Gasteiger partial charge is 0.497 e. The van der Waals surface area contributed by atoms with Crippen molar-refractivity contribution in [1.82, 2.24) is 9.97 Å². The Morgan fingerprint density at radius 2 is 1.96 bits per heavy atom. The Kier molecular flexibility index (Phi) is 5.51. The first-order chi connectivity index (χ1) is 11.7. The van der Waals surface area contributed by atoms with Gasteiger partial charge >= 0.3 is 0 Å². The fraction of sp³-hybridized carbons (Fsp3) is 0.474. The van der Waals surface area contributed by atoms with E-state index in [1.807, 2.05) is 19.1 Å². The Bertz CT molecular complexity index is 668. The Morgan fingerprint density at radius 3 is 2.75 bits per heavy atom. The number of hydrogen-bond donors (Lipinski definition) is 1. The number of benzene rings is 1. The van der Waals surface area contributed by atoms with Crippen molar-refractivity contribution in [2.75, 3.05) is 37.0 Å². The van der Waals surface area contributed by atoms with E-state index in [9.17, 15) is 0 Å². The van der Waals surface area contributed by atoms with Crippen molar-refractivity contribution < 1.29 is 4.74 Å². The van der Waals surface area contributed by atoms with Crippen LogP contribution in [0.5, 0.6) is 5.75 Å². The molecule has 0 bridgehead atoms. The first kappa shape index (κ1) is 16.6. The number of methoxy groups -OCH3 is 1. The van der Waals surface area contributed by atoms with Crippen LogP contribution in [0.15, 0.2) is 30.3 Å². The first-order valence-corrected chi connectivity index (χ1v) is 8.72. The van der Waals surface area contributed by atoms with E-state index in [-0.39, 0.29) is 0 Å². The van der Waals surface area contributed by atoms with Gasteiger partial charge in [0.1, 0.15) is 11.6 Å². The molecule has 2 heterocycles. The summed E-state index contributed by atoms with van der Waals surface area (Å²) in [7, 11) is 1.69. The van der Waals surface area contributed by atoms with Crippen LogP contribution < -0.4 is 15.0 Å². The van der Waals surface area contributed by atoms with Gasteiger partial charge in [0, 0.05) is 31.4 Å². The first-order valence-electron chi connectivity index (χ1n) is 8.72. The molecule has 5 heteroatoms. The number of anilines is 2. The molecule has 0 amide bonds. The molecule has 0 aliphatic carbocycles. The lowest BCUT2D eigenvalue weighted by atomic mass is 10.1. The van der Waals surface area contributed by atoms with Gasteiger partial charge in [-0.25, -0.2) is 4.98 Å². The number of aromatic nitrogens is 2. The Balaban J connectivity index is 1.61. The van der Waals surface area contributed by atoms with Gasteiger partial charge < -0.3 is 15.0 Å². The standard InChI is InChI=1S/C19H26N4O/c1-15-13-18(23-11-4-3-5-12-23)22-19(21-15)20-10-9-16-7-6-8-17(14-16)24-2/h6-8,13-14H,3-5,9-12H2,1-2H3,(H,20,21,22). The minimum atomic E-state index is 0.721. The number of piperidine rings is 1. The maximum Gasteiger partial charge on any atom is 0.224 e. The van der Waals surface area contributed by atoms with Gasteiger partial charge in [0.15, 0.2) is 0 Å². The summed E-state index contributed by atoms with van der Waals surface area (Å²) in [4.78, 5) is 11.6. The second-order valence-electron chi connectivity index (χ2n) is 6.27. The molecule has 1 aliphatic rings. The summed E-state index contributed by atoms with van der Waals surface area (Å²) < 4.78 is 5.27. The van der Waals surface area contributed by atoms with Crippen LogP contribution in [0.2, 0.25) is 0 Å². The van der Waals surface area contributed by atoms with Crippen LogP contribution in [0.1, 0.15) is 30.5 Å². The second kappa shape index (κ2) is 7.99. The molecule has 24 heavy (non-hydrogen) atoms. The maximum absolute atomic E-state index is 5.27. The van der Waals surface area contributed by atoms with Crippen LogP contribution in [0, 0.1) is 6.92 Å². The monoisotopic (exact) mass is 326 g/mol. The van der Waals surface area contributed by atoms with Gasteiger partial charge in [-0.05, 0) is 50.3 Å². The van der Waals surface area contributed by atoms with E-state index in [0.29, 0.717) is 0 Å². The highest BCUT2D eigenvalue weighted by Gasteiger charge is 2.13. The summed E-state index contributed by atoms with van der Waals surface area (Å²) in [6, 6.07) is 10.2. The highest BCUT2D eigenvalue weighted by Crippen LogP contribution is 2.20. The number of aryl methyl sites for hydroxylation is 1. The predicted molar refractivity (Wildman–Crippen MR) is 98.0 cm³/mol. The van der Waals surface area contributed by atoms with Crippen molar-refractivity contribution in [2.45, 2.75) is 32.6 Å². The van der Waals surface area contributed by atoms with Gasteiger partial charge in [-0.1, -0.05) is 12.1 Å². The summed E-state index contributed by atoms with van der Waals surface area (Å²) >= 11 is 0. The van der Waals surface area contributed by atoms with E-state index in [4.69, 9.17) is 9.72 Å². The number of ether oxygens (including phenoxy) is 1. The summed E-state index contributed by atoms with van der Waals surface area (Å²) in [5.74, 6) is 2.66. The fourth-order valence-electron chi connectivity index (χ4n) is 3.06. The summed E-state index contributed by atoms with van der Waals surface area (Å²) in [6.45, 7) is 5.03. The van der Waals surface area contributed by atoms with Crippen molar-refractivity contribution in [3.63, 3.8) is 0 Å². The fourth-order valence-corrected chi connectivity index (χ4v) is 3.06. The predicted octanol–water partition coefficient (Wildman–Crippen LogP) is 3.44. The second-order valence-corrected chi connectivity index (χ2v) is 6.27. The van der Waals surface area contributed by atoms with E-state index in [0.717, 1.165) is 49.3 Å². The SMILES string of the molecule is COc1cccc(CCNc2nc(C)cc(N3CCCCC3)n2)c1. The smallest absolute Gasteiger partial charge is 0.224 e. The van der Waals surface area contributed by atoms with E-state index in [2.05, 4.69) is 33.4 Å². The molecule has 1 aromatic heterocycles. The molecule has 1 fully saturated rings. The number of hydrogen-bond acceptors (Lipinski definition) is 5. The zero-order chi connectivity index (χ0) is 16.8.